The fraction of sp³-hybridized carbons (Fsp3) is 0.278. The van der Waals surface area contributed by atoms with Gasteiger partial charge < -0.3 is 25.2 Å². The Labute approximate surface area is 278 Å². The maximum absolute atomic E-state index is 12.0. The predicted octanol–water partition coefficient (Wildman–Crippen LogP) is 6.22. The normalized spacial score (nSPS) is 19.3. The molecule has 0 saturated carbocycles. The van der Waals surface area contributed by atoms with Crippen molar-refractivity contribution in [3.05, 3.63) is 125 Å². The van der Waals surface area contributed by atoms with Crippen molar-refractivity contribution in [3.63, 3.8) is 0 Å². The van der Waals surface area contributed by atoms with Gasteiger partial charge in [0.1, 0.15) is 0 Å². The van der Waals surface area contributed by atoms with Crippen LogP contribution in [0.3, 0.4) is 0 Å². The van der Waals surface area contributed by atoms with Gasteiger partial charge in [0.25, 0.3) is 0 Å². The zero-order chi connectivity index (χ0) is 32.6. The summed E-state index contributed by atoms with van der Waals surface area (Å²) in [6.45, 7) is 5.00. The molecular weight excluding hydrogens is 613 g/mol. The second-order valence-corrected chi connectivity index (χ2v) is 12.3. The van der Waals surface area contributed by atoms with Crippen molar-refractivity contribution in [2.45, 2.75) is 50.7 Å². The Morgan fingerprint density at radius 3 is 2.36 bits per heavy atom. The highest BCUT2D eigenvalue weighted by Gasteiger charge is 2.38. The number of aliphatic hydroxyl groups is 1. The predicted molar refractivity (Wildman–Crippen MR) is 181 cm³/mol. The van der Waals surface area contributed by atoms with E-state index in [1.807, 2.05) is 91.9 Å². The smallest absolute Gasteiger partial charge is 0.315 e. The van der Waals surface area contributed by atoms with Gasteiger partial charge >= 0.3 is 6.03 Å². The van der Waals surface area contributed by atoms with Crippen LogP contribution in [0.25, 0.3) is 16.8 Å². The molecule has 4 aromatic carbocycles. The molecule has 2 amide bonds. The monoisotopic (exact) mass is 650 g/mol. The average Bonchev–Trinajstić information content (AvgIpc) is 3.60. The molecule has 1 fully saturated rings. The van der Waals surface area contributed by atoms with Gasteiger partial charge in [-0.05, 0) is 57.3 Å². The number of rotatable bonds is 11. The molecule has 1 saturated heterocycles. The standard InChI is InChI=1S/C36H38N6O4S/c1-3-37-35(44)38-21-29-9-7-8-12-31(29)26-17-19-28(20-18-26)34-45-32(24(2)33(46-34)27-15-13-25(22-43)14-16-27)23-47-36-39-40-41-42(36)30-10-5-4-6-11-30/h4-20,24,32-34,43H,3,21-23H2,1-2H3,(H2,37,38,44). The summed E-state index contributed by atoms with van der Waals surface area (Å²) in [6, 6.07) is 33.8. The molecule has 242 valence electrons. The van der Waals surface area contributed by atoms with Gasteiger partial charge in [0.2, 0.25) is 5.16 Å². The van der Waals surface area contributed by atoms with Gasteiger partial charge in [-0.3, -0.25) is 0 Å². The van der Waals surface area contributed by atoms with Crippen molar-refractivity contribution in [2.75, 3.05) is 12.3 Å². The van der Waals surface area contributed by atoms with Gasteiger partial charge in [0, 0.05) is 30.3 Å². The van der Waals surface area contributed by atoms with Crippen LogP contribution in [0.5, 0.6) is 0 Å². The molecule has 6 rings (SSSR count). The Morgan fingerprint density at radius 2 is 1.62 bits per heavy atom. The minimum atomic E-state index is -0.604. The highest BCUT2D eigenvalue weighted by molar-refractivity contribution is 7.99. The van der Waals surface area contributed by atoms with E-state index in [0.29, 0.717) is 24.0 Å². The van der Waals surface area contributed by atoms with E-state index in [9.17, 15) is 9.90 Å². The highest BCUT2D eigenvalue weighted by Crippen LogP contribution is 2.43. The molecule has 1 aliphatic rings. The van der Waals surface area contributed by atoms with Crippen LogP contribution in [-0.2, 0) is 22.6 Å². The van der Waals surface area contributed by atoms with Crippen LogP contribution in [0, 0.1) is 5.92 Å². The first kappa shape index (κ1) is 32.4. The number of benzene rings is 4. The summed E-state index contributed by atoms with van der Waals surface area (Å²) in [6.07, 6.45) is -1.02. The number of para-hydroxylation sites is 1. The van der Waals surface area contributed by atoms with E-state index < -0.39 is 6.29 Å². The van der Waals surface area contributed by atoms with Crippen molar-refractivity contribution >= 4 is 17.8 Å². The van der Waals surface area contributed by atoms with Crippen molar-refractivity contribution in [3.8, 4) is 16.8 Å². The third-order valence-electron chi connectivity index (χ3n) is 8.23. The van der Waals surface area contributed by atoms with E-state index in [1.165, 1.54) is 0 Å². The molecule has 47 heavy (non-hydrogen) atoms. The Morgan fingerprint density at radius 1 is 0.894 bits per heavy atom. The number of aromatic nitrogens is 4. The van der Waals surface area contributed by atoms with Gasteiger partial charge in [0.05, 0.1) is 24.5 Å². The summed E-state index contributed by atoms with van der Waals surface area (Å²) in [5.74, 6) is 0.632. The number of carbonyl (C=O) groups excluding carboxylic acids is 1. The van der Waals surface area contributed by atoms with Crippen LogP contribution in [0.2, 0.25) is 0 Å². The summed E-state index contributed by atoms with van der Waals surface area (Å²) < 4.78 is 15.1. The fourth-order valence-corrected chi connectivity index (χ4v) is 6.70. The molecule has 4 atom stereocenters. The van der Waals surface area contributed by atoms with Crippen molar-refractivity contribution in [2.24, 2.45) is 5.92 Å². The van der Waals surface area contributed by atoms with Crippen LogP contribution >= 0.6 is 11.8 Å². The number of ether oxygens (including phenoxy) is 2. The number of carbonyl (C=O) groups is 1. The lowest BCUT2D eigenvalue weighted by molar-refractivity contribution is -0.268. The van der Waals surface area contributed by atoms with E-state index >= 15 is 0 Å². The number of hydrogen-bond donors (Lipinski definition) is 3. The van der Waals surface area contributed by atoms with Crippen molar-refractivity contribution < 1.29 is 19.4 Å². The first-order chi connectivity index (χ1) is 23.0. The van der Waals surface area contributed by atoms with Gasteiger partial charge in [-0.1, -0.05) is 110 Å². The first-order valence-electron chi connectivity index (χ1n) is 15.7. The zero-order valence-corrected chi connectivity index (χ0v) is 27.1. The molecule has 11 heteroatoms. The van der Waals surface area contributed by atoms with Crippen LogP contribution in [0.1, 0.15) is 48.5 Å². The number of urea groups is 1. The summed E-state index contributed by atoms with van der Waals surface area (Å²) in [4.78, 5) is 12.0. The maximum Gasteiger partial charge on any atom is 0.315 e. The van der Waals surface area contributed by atoms with Crippen molar-refractivity contribution in [1.82, 2.24) is 30.8 Å². The molecular formula is C36H38N6O4S. The van der Waals surface area contributed by atoms with Crippen LogP contribution in [0.4, 0.5) is 4.79 Å². The molecule has 0 spiro atoms. The molecule has 0 radical (unpaired) electrons. The Bertz CT molecular complexity index is 1750. The fourth-order valence-electron chi connectivity index (χ4n) is 5.64. The van der Waals surface area contributed by atoms with Crippen molar-refractivity contribution in [1.29, 1.82) is 0 Å². The molecule has 2 heterocycles. The Kier molecular flexibility index (Phi) is 10.6. The number of aliphatic hydroxyl groups excluding tert-OH is 1. The second kappa shape index (κ2) is 15.4. The molecule has 4 unspecified atom stereocenters. The average molecular weight is 651 g/mol. The Hall–Kier alpha value is -4.55. The number of tetrazole rings is 1. The summed E-state index contributed by atoms with van der Waals surface area (Å²) in [5.41, 5.74) is 6.76. The number of hydrogen-bond acceptors (Lipinski definition) is 8. The molecule has 0 aliphatic carbocycles. The highest BCUT2D eigenvalue weighted by atomic mass is 32.2. The Balaban J connectivity index is 1.23. The van der Waals surface area contributed by atoms with Crippen LogP contribution in [0.15, 0.2) is 108 Å². The lowest BCUT2D eigenvalue weighted by atomic mass is 9.91. The maximum atomic E-state index is 12.0. The minimum Gasteiger partial charge on any atom is -0.392 e. The van der Waals surface area contributed by atoms with E-state index in [0.717, 1.165) is 39.1 Å². The van der Waals surface area contributed by atoms with E-state index in [4.69, 9.17) is 9.47 Å². The van der Waals surface area contributed by atoms with Gasteiger partial charge in [-0.2, -0.15) is 4.68 Å². The molecule has 10 nitrogen and oxygen atoms in total. The topological polar surface area (TPSA) is 123 Å². The molecule has 0 bridgehead atoms. The molecule has 5 aromatic rings. The van der Waals surface area contributed by atoms with E-state index in [2.05, 4.69) is 51.3 Å². The number of thioether (sulfide) groups is 1. The second-order valence-electron chi connectivity index (χ2n) is 11.3. The third kappa shape index (κ3) is 7.71. The summed E-state index contributed by atoms with van der Waals surface area (Å²) in [7, 11) is 0. The number of amides is 2. The number of nitrogens with zero attached hydrogens (tertiary/aromatic N) is 4. The van der Waals surface area contributed by atoms with Crippen LogP contribution < -0.4 is 10.6 Å². The third-order valence-corrected chi connectivity index (χ3v) is 9.24. The summed E-state index contributed by atoms with van der Waals surface area (Å²) >= 11 is 1.55. The lowest BCUT2D eigenvalue weighted by Crippen LogP contribution is -2.38. The lowest BCUT2D eigenvalue weighted by Gasteiger charge is -2.41. The molecule has 3 N–H and O–H groups in total. The summed E-state index contributed by atoms with van der Waals surface area (Å²) in [5, 5.41) is 28.4. The van der Waals surface area contributed by atoms with E-state index in [-0.39, 0.29) is 30.8 Å². The number of nitrogens with one attached hydrogen (secondary N) is 2. The van der Waals surface area contributed by atoms with Gasteiger partial charge in [0.15, 0.2) is 6.29 Å². The largest absolute Gasteiger partial charge is 0.392 e. The zero-order valence-electron chi connectivity index (χ0n) is 26.3. The minimum absolute atomic E-state index is 0.0139. The first-order valence-corrected chi connectivity index (χ1v) is 16.7. The SMILES string of the molecule is CCNC(=O)NCc1ccccc1-c1ccc(C2OC(CSc3nnnn3-c3ccccc3)C(C)C(c3ccc(CO)cc3)O2)cc1. The quantitative estimate of drug-likeness (QED) is 0.144. The molecule has 1 aliphatic heterocycles. The van der Waals surface area contributed by atoms with Crippen LogP contribution in [-0.4, -0.2) is 49.7 Å². The van der Waals surface area contributed by atoms with Gasteiger partial charge in [-0.15, -0.1) is 5.10 Å². The van der Waals surface area contributed by atoms with Gasteiger partial charge in [-0.25, -0.2) is 4.79 Å². The van der Waals surface area contributed by atoms with E-state index in [1.54, 1.807) is 16.4 Å². The molecule has 1 aromatic heterocycles.